The maximum atomic E-state index is 12.0. The molecule has 3 aromatic rings. The number of aromatic nitrogens is 2. The van der Waals surface area contributed by atoms with Crippen molar-refractivity contribution in [1.82, 2.24) is 14.9 Å². The SMILES string of the molecule is COCC(=O)NC(C)c1nc2ccccc2n1CCCOc1cc(C)ccc1C(C)C. The molecule has 166 valence electrons. The van der Waals surface area contributed by atoms with Gasteiger partial charge in [0.2, 0.25) is 5.91 Å². The lowest BCUT2D eigenvalue weighted by Crippen LogP contribution is -2.31. The van der Waals surface area contributed by atoms with Gasteiger partial charge < -0.3 is 19.4 Å². The molecule has 0 saturated heterocycles. The lowest BCUT2D eigenvalue weighted by molar-refractivity contribution is -0.125. The van der Waals surface area contributed by atoms with Crippen molar-refractivity contribution in [2.24, 2.45) is 0 Å². The molecule has 0 aliphatic heterocycles. The second-order valence-corrected chi connectivity index (χ2v) is 8.23. The molecule has 0 bridgehead atoms. The summed E-state index contributed by atoms with van der Waals surface area (Å²) < 4.78 is 13.3. The van der Waals surface area contributed by atoms with Crippen LogP contribution in [0.25, 0.3) is 11.0 Å². The Bertz CT molecular complexity index is 1030. The molecule has 0 aliphatic carbocycles. The van der Waals surface area contributed by atoms with Crippen molar-refractivity contribution in [2.45, 2.75) is 52.6 Å². The Morgan fingerprint density at radius 1 is 1.16 bits per heavy atom. The molecular formula is C25H33N3O3. The first kappa shape index (κ1) is 22.8. The number of imidazole rings is 1. The van der Waals surface area contributed by atoms with Crippen molar-refractivity contribution in [3.63, 3.8) is 0 Å². The molecule has 1 heterocycles. The van der Waals surface area contributed by atoms with E-state index in [4.69, 9.17) is 14.5 Å². The van der Waals surface area contributed by atoms with Crippen molar-refractivity contribution in [1.29, 1.82) is 0 Å². The summed E-state index contributed by atoms with van der Waals surface area (Å²) in [6.45, 7) is 9.79. The van der Waals surface area contributed by atoms with E-state index in [2.05, 4.69) is 54.9 Å². The Balaban J connectivity index is 1.73. The number of benzene rings is 2. The molecule has 31 heavy (non-hydrogen) atoms. The van der Waals surface area contributed by atoms with Gasteiger partial charge in [-0.3, -0.25) is 4.79 Å². The van der Waals surface area contributed by atoms with E-state index in [1.165, 1.54) is 18.2 Å². The minimum Gasteiger partial charge on any atom is -0.493 e. The zero-order chi connectivity index (χ0) is 22.4. The summed E-state index contributed by atoms with van der Waals surface area (Å²) >= 11 is 0. The van der Waals surface area contributed by atoms with Crippen molar-refractivity contribution in [2.75, 3.05) is 20.3 Å². The highest BCUT2D eigenvalue weighted by Gasteiger charge is 2.18. The van der Waals surface area contributed by atoms with Crippen LogP contribution in [0.5, 0.6) is 5.75 Å². The maximum absolute atomic E-state index is 12.0. The van der Waals surface area contributed by atoms with E-state index in [0.29, 0.717) is 12.5 Å². The van der Waals surface area contributed by atoms with Gasteiger partial charge in [-0.25, -0.2) is 4.98 Å². The zero-order valence-corrected chi connectivity index (χ0v) is 19.1. The van der Waals surface area contributed by atoms with Crippen LogP contribution in [0.3, 0.4) is 0 Å². The summed E-state index contributed by atoms with van der Waals surface area (Å²) in [5.74, 6) is 2.06. The number of carbonyl (C=O) groups excluding carboxylic acids is 1. The van der Waals surface area contributed by atoms with E-state index < -0.39 is 0 Å². The van der Waals surface area contributed by atoms with E-state index in [-0.39, 0.29) is 18.6 Å². The fourth-order valence-corrected chi connectivity index (χ4v) is 3.79. The number of methoxy groups -OCH3 is 1. The van der Waals surface area contributed by atoms with Crippen LogP contribution in [-0.4, -0.2) is 35.8 Å². The minimum absolute atomic E-state index is 0.0348. The highest BCUT2D eigenvalue weighted by molar-refractivity contribution is 5.78. The van der Waals surface area contributed by atoms with Crippen LogP contribution in [0.1, 0.15) is 56.1 Å². The number of para-hydroxylation sites is 2. The summed E-state index contributed by atoms with van der Waals surface area (Å²) in [4.78, 5) is 16.8. The summed E-state index contributed by atoms with van der Waals surface area (Å²) in [5.41, 5.74) is 4.41. The quantitative estimate of drug-likeness (QED) is 0.478. The highest BCUT2D eigenvalue weighted by atomic mass is 16.5. The van der Waals surface area contributed by atoms with Gasteiger partial charge in [0, 0.05) is 13.7 Å². The van der Waals surface area contributed by atoms with Gasteiger partial charge in [-0.05, 0) is 55.5 Å². The summed E-state index contributed by atoms with van der Waals surface area (Å²) in [5, 5.41) is 2.96. The summed E-state index contributed by atoms with van der Waals surface area (Å²) in [6, 6.07) is 14.2. The van der Waals surface area contributed by atoms with Gasteiger partial charge in [-0.15, -0.1) is 0 Å². The predicted molar refractivity (Wildman–Crippen MR) is 124 cm³/mol. The van der Waals surface area contributed by atoms with Crippen LogP contribution in [-0.2, 0) is 16.1 Å². The van der Waals surface area contributed by atoms with Crippen LogP contribution in [0.15, 0.2) is 42.5 Å². The van der Waals surface area contributed by atoms with E-state index in [1.54, 1.807) is 0 Å². The van der Waals surface area contributed by atoms with Crippen LogP contribution < -0.4 is 10.1 Å². The molecule has 1 unspecified atom stereocenters. The van der Waals surface area contributed by atoms with E-state index in [1.807, 2.05) is 25.1 Å². The fraction of sp³-hybridized carbons (Fsp3) is 0.440. The van der Waals surface area contributed by atoms with Crippen LogP contribution in [0, 0.1) is 6.92 Å². The molecule has 3 rings (SSSR count). The van der Waals surface area contributed by atoms with E-state index in [9.17, 15) is 4.79 Å². The minimum atomic E-state index is -0.222. The number of rotatable bonds is 10. The van der Waals surface area contributed by atoms with Crippen LogP contribution in [0.4, 0.5) is 0 Å². The van der Waals surface area contributed by atoms with E-state index in [0.717, 1.165) is 35.6 Å². The summed E-state index contributed by atoms with van der Waals surface area (Å²) in [6.07, 6.45) is 0.831. The number of amides is 1. The molecule has 1 aromatic heterocycles. The molecule has 0 saturated carbocycles. The third-order valence-electron chi connectivity index (χ3n) is 5.30. The van der Waals surface area contributed by atoms with Crippen molar-refractivity contribution >= 4 is 16.9 Å². The van der Waals surface area contributed by atoms with Gasteiger partial charge in [-0.1, -0.05) is 38.1 Å². The number of ether oxygens (including phenoxy) is 2. The molecule has 0 aliphatic rings. The average Bonchev–Trinajstić information content (AvgIpc) is 3.10. The molecule has 0 radical (unpaired) electrons. The number of hydrogen-bond donors (Lipinski definition) is 1. The Morgan fingerprint density at radius 3 is 2.68 bits per heavy atom. The number of aryl methyl sites for hydroxylation is 2. The van der Waals surface area contributed by atoms with Gasteiger partial charge in [0.05, 0.1) is 23.7 Å². The van der Waals surface area contributed by atoms with Gasteiger partial charge >= 0.3 is 0 Å². The first-order valence-electron chi connectivity index (χ1n) is 10.9. The van der Waals surface area contributed by atoms with Gasteiger partial charge in [0.1, 0.15) is 18.2 Å². The first-order valence-corrected chi connectivity index (χ1v) is 10.9. The van der Waals surface area contributed by atoms with Gasteiger partial charge in [0.15, 0.2) is 0 Å². The lowest BCUT2D eigenvalue weighted by Gasteiger charge is -2.17. The highest BCUT2D eigenvalue weighted by Crippen LogP contribution is 2.28. The monoisotopic (exact) mass is 423 g/mol. The Kier molecular flexibility index (Phi) is 7.69. The smallest absolute Gasteiger partial charge is 0.246 e. The standard InChI is InChI=1S/C25H33N3O3/c1-17(2)20-12-11-18(3)15-23(20)31-14-8-13-28-22-10-7-6-9-21(22)27-25(28)19(4)26-24(29)16-30-5/h6-7,9-12,15,17,19H,8,13-14,16H2,1-5H3,(H,26,29). The lowest BCUT2D eigenvalue weighted by atomic mass is 10.0. The predicted octanol–water partition coefficient (Wildman–Crippen LogP) is 4.76. The number of nitrogens with one attached hydrogen (secondary N) is 1. The second kappa shape index (κ2) is 10.4. The van der Waals surface area contributed by atoms with Crippen molar-refractivity contribution in [3.8, 4) is 5.75 Å². The Labute approximate surface area is 184 Å². The van der Waals surface area contributed by atoms with Gasteiger partial charge in [0.25, 0.3) is 0 Å². The molecule has 1 amide bonds. The molecule has 6 nitrogen and oxygen atoms in total. The van der Waals surface area contributed by atoms with Crippen molar-refractivity contribution < 1.29 is 14.3 Å². The van der Waals surface area contributed by atoms with E-state index >= 15 is 0 Å². The fourth-order valence-electron chi connectivity index (χ4n) is 3.79. The summed E-state index contributed by atoms with van der Waals surface area (Å²) in [7, 11) is 1.51. The maximum Gasteiger partial charge on any atom is 0.246 e. The van der Waals surface area contributed by atoms with Gasteiger partial charge in [-0.2, -0.15) is 0 Å². The second-order valence-electron chi connectivity index (χ2n) is 8.23. The number of nitrogens with zero attached hydrogens (tertiary/aromatic N) is 2. The molecular weight excluding hydrogens is 390 g/mol. The molecule has 1 N–H and O–H groups in total. The molecule has 2 aromatic carbocycles. The molecule has 6 heteroatoms. The Hall–Kier alpha value is -2.86. The Morgan fingerprint density at radius 2 is 1.94 bits per heavy atom. The molecule has 0 spiro atoms. The van der Waals surface area contributed by atoms with Crippen LogP contribution in [0.2, 0.25) is 0 Å². The van der Waals surface area contributed by atoms with Crippen molar-refractivity contribution in [3.05, 3.63) is 59.4 Å². The van der Waals surface area contributed by atoms with Crippen LogP contribution >= 0.6 is 0 Å². The zero-order valence-electron chi connectivity index (χ0n) is 19.1. The number of carbonyl (C=O) groups is 1. The number of fused-ring (bicyclic) bond motifs is 1. The third kappa shape index (κ3) is 5.64. The normalized spacial score (nSPS) is 12.3. The first-order chi connectivity index (χ1) is 14.9. The largest absolute Gasteiger partial charge is 0.493 e. The molecule has 1 atom stereocenters. The third-order valence-corrected chi connectivity index (χ3v) is 5.30. The molecule has 0 fully saturated rings. The topological polar surface area (TPSA) is 65.4 Å². The average molecular weight is 424 g/mol. The number of hydrogen-bond acceptors (Lipinski definition) is 4.